The molecule has 3 nitrogen and oxygen atoms in total. The van der Waals surface area contributed by atoms with Crippen molar-refractivity contribution in [1.29, 1.82) is 0 Å². The molecule has 0 aliphatic rings. The molecule has 1 aromatic heterocycles. The van der Waals surface area contributed by atoms with Crippen molar-refractivity contribution in [2.75, 3.05) is 30.5 Å². The molecule has 14 heavy (non-hydrogen) atoms. The third-order valence-corrected chi connectivity index (χ3v) is 2.90. The highest BCUT2D eigenvalue weighted by molar-refractivity contribution is 9.10. The van der Waals surface area contributed by atoms with Gasteiger partial charge < -0.3 is 4.90 Å². The van der Waals surface area contributed by atoms with Crippen molar-refractivity contribution in [2.24, 2.45) is 0 Å². The van der Waals surface area contributed by atoms with E-state index >= 15 is 0 Å². The van der Waals surface area contributed by atoms with Crippen LogP contribution in [-0.2, 0) is 0 Å². The highest BCUT2D eigenvalue weighted by Gasteiger charge is 2.02. The van der Waals surface area contributed by atoms with Crippen LogP contribution in [0.5, 0.6) is 0 Å². The Balaban J connectivity index is 2.43. The van der Waals surface area contributed by atoms with Gasteiger partial charge in [0.15, 0.2) is 0 Å². The van der Waals surface area contributed by atoms with Gasteiger partial charge in [-0.2, -0.15) is 11.8 Å². The molecule has 0 atom stereocenters. The van der Waals surface area contributed by atoms with Gasteiger partial charge >= 0.3 is 0 Å². The van der Waals surface area contributed by atoms with Crippen LogP contribution >= 0.6 is 27.7 Å². The molecule has 5 heteroatoms. The molecule has 0 bridgehead atoms. The Morgan fingerprint density at radius 1 is 1.43 bits per heavy atom. The zero-order valence-electron chi connectivity index (χ0n) is 8.40. The monoisotopic (exact) mass is 275 g/mol. The van der Waals surface area contributed by atoms with Gasteiger partial charge in [0.2, 0.25) is 5.95 Å². The van der Waals surface area contributed by atoms with Crippen molar-refractivity contribution >= 4 is 33.6 Å². The van der Waals surface area contributed by atoms with Gasteiger partial charge in [0, 0.05) is 26.0 Å². The fourth-order valence-corrected chi connectivity index (χ4v) is 1.67. The van der Waals surface area contributed by atoms with E-state index in [0.29, 0.717) is 0 Å². The van der Waals surface area contributed by atoms with E-state index < -0.39 is 0 Å². The summed E-state index contributed by atoms with van der Waals surface area (Å²) in [5.74, 6) is 1.97. The molecule has 0 aromatic carbocycles. The van der Waals surface area contributed by atoms with Gasteiger partial charge in [0.25, 0.3) is 0 Å². The van der Waals surface area contributed by atoms with Crippen LogP contribution in [0, 0.1) is 0 Å². The van der Waals surface area contributed by atoms with Gasteiger partial charge in [0.1, 0.15) is 0 Å². The van der Waals surface area contributed by atoms with Gasteiger partial charge in [-0.1, -0.05) is 0 Å². The van der Waals surface area contributed by atoms with E-state index in [9.17, 15) is 0 Å². The summed E-state index contributed by atoms with van der Waals surface area (Å²) in [7, 11) is 2.02. The minimum Gasteiger partial charge on any atom is -0.344 e. The minimum atomic E-state index is 0.786. The summed E-state index contributed by atoms with van der Waals surface area (Å²) in [6.07, 6.45) is 6.83. The van der Waals surface area contributed by atoms with Crippen LogP contribution in [0.4, 0.5) is 5.95 Å². The summed E-state index contributed by atoms with van der Waals surface area (Å²) in [6.45, 7) is 1.00. The Labute approximate surface area is 97.4 Å². The first-order valence-corrected chi connectivity index (χ1v) is 6.60. The average Bonchev–Trinajstić information content (AvgIpc) is 2.19. The van der Waals surface area contributed by atoms with Crippen molar-refractivity contribution < 1.29 is 0 Å². The Kier molecular flexibility index (Phi) is 5.25. The predicted octanol–water partition coefficient (Wildman–Crippen LogP) is 2.43. The maximum atomic E-state index is 4.22. The number of anilines is 1. The molecule has 0 aliphatic carbocycles. The van der Waals surface area contributed by atoms with Crippen LogP contribution in [0.2, 0.25) is 0 Å². The van der Waals surface area contributed by atoms with Crippen LogP contribution in [0.3, 0.4) is 0 Å². The Bertz CT molecular complexity index is 265. The third-order valence-electron chi connectivity index (χ3n) is 1.79. The van der Waals surface area contributed by atoms with Gasteiger partial charge in [-0.25, -0.2) is 9.97 Å². The minimum absolute atomic E-state index is 0.786. The number of thioether (sulfide) groups is 1. The van der Waals surface area contributed by atoms with E-state index in [1.807, 2.05) is 18.8 Å². The number of halogens is 1. The number of hydrogen-bond acceptors (Lipinski definition) is 4. The van der Waals surface area contributed by atoms with E-state index in [1.165, 1.54) is 5.75 Å². The van der Waals surface area contributed by atoms with E-state index in [1.54, 1.807) is 12.4 Å². The van der Waals surface area contributed by atoms with E-state index in [-0.39, 0.29) is 0 Å². The zero-order chi connectivity index (χ0) is 10.4. The summed E-state index contributed by atoms with van der Waals surface area (Å²) in [5, 5.41) is 0. The molecular weight excluding hydrogens is 262 g/mol. The van der Waals surface area contributed by atoms with E-state index in [0.717, 1.165) is 23.4 Å². The second kappa shape index (κ2) is 6.24. The molecule has 0 radical (unpaired) electrons. The number of rotatable bonds is 5. The standard InChI is InChI=1S/C9H14BrN3S/c1-13(4-3-5-14-2)9-11-6-8(10)7-12-9/h6-7H,3-5H2,1-2H3. The fourth-order valence-electron chi connectivity index (χ4n) is 1.05. The molecule has 0 fully saturated rings. The first kappa shape index (κ1) is 11.8. The Morgan fingerprint density at radius 2 is 2.07 bits per heavy atom. The lowest BCUT2D eigenvalue weighted by atomic mass is 10.4. The summed E-state index contributed by atoms with van der Waals surface area (Å²) < 4.78 is 0.916. The lowest BCUT2D eigenvalue weighted by Gasteiger charge is -2.15. The number of nitrogens with zero attached hydrogens (tertiary/aromatic N) is 3. The van der Waals surface area contributed by atoms with Crippen LogP contribution in [-0.4, -0.2) is 35.6 Å². The van der Waals surface area contributed by atoms with Crippen molar-refractivity contribution in [3.05, 3.63) is 16.9 Å². The van der Waals surface area contributed by atoms with Gasteiger partial charge in [-0.05, 0) is 34.4 Å². The Hall–Kier alpha value is -0.290. The normalized spacial score (nSPS) is 10.2. The van der Waals surface area contributed by atoms with Crippen molar-refractivity contribution in [1.82, 2.24) is 9.97 Å². The smallest absolute Gasteiger partial charge is 0.225 e. The first-order valence-electron chi connectivity index (χ1n) is 4.41. The molecule has 1 rings (SSSR count). The van der Waals surface area contributed by atoms with Gasteiger partial charge in [-0.3, -0.25) is 0 Å². The molecule has 0 aliphatic heterocycles. The maximum absolute atomic E-state index is 4.22. The summed E-state index contributed by atoms with van der Waals surface area (Å²) in [5.41, 5.74) is 0. The highest BCUT2D eigenvalue weighted by atomic mass is 79.9. The molecule has 1 heterocycles. The quantitative estimate of drug-likeness (QED) is 0.772. The SMILES string of the molecule is CSCCCN(C)c1ncc(Br)cn1. The molecular formula is C9H14BrN3S. The second-order valence-corrected chi connectivity index (χ2v) is 4.87. The van der Waals surface area contributed by atoms with Gasteiger partial charge in [0.05, 0.1) is 4.47 Å². The van der Waals surface area contributed by atoms with Gasteiger partial charge in [-0.15, -0.1) is 0 Å². The molecule has 0 spiro atoms. The van der Waals surface area contributed by atoms with E-state index in [2.05, 4.69) is 37.1 Å². The summed E-state index contributed by atoms with van der Waals surface area (Å²) >= 11 is 5.18. The van der Waals surface area contributed by atoms with Crippen molar-refractivity contribution in [3.8, 4) is 0 Å². The van der Waals surface area contributed by atoms with Crippen LogP contribution in [0.25, 0.3) is 0 Å². The largest absolute Gasteiger partial charge is 0.344 e. The second-order valence-electron chi connectivity index (χ2n) is 2.97. The number of hydrogen-bond donors (Lipinski definition) is 0. The molecule has 0 saturated heterocycles. The predicted molar refractivity (Wildman–Crippen MR) is 66.0 cm³/mol. The topological polar surface area (TPSA) is 29.0 Å². The summed E-state index contributed by atoms with van der Waals surface area (Å²) in [6, 6.07) is 0. The molecule has 0 N–H and O–H groups in total. The number of aromatic nitrogens is 2. The molecule has 1 aromatic rings. The van der Waals surface area contributed by atoms with E-state index in [4.69, 9.17) is 0 Å². The highest BCUT2D eigenvalue weighted by Crippen LogP contribution is 2.10. The Morgan fingerprint density at radius 3 is 2.64 bits per heavy atom. The van der Waals surface area contributed by atoms with Crippen molar-refractivity contribution in [3.63, 3.8) is 0 Å². The first-order chi connectivity index (χ1) is 6.74. The van der Waals surface area contributed by atoms with Crippen LogP contribution in [0.1, 0.15) is 6.42 Å². The molecule has 0 unspecified atom stereocenters. The van der Waals surface area contributed by atoms with Crippen LogP contribution in [0.15, 0.2) is 16.9 Å². The maximum Gasteiger partial charge on any atom is 0.225 e. The lowest BCUT2D eigenvalue weighted by Crippen LogP contribution is -2.21. The zero-order valence-corrected chi connectivity index (χ0v) is 10.8. The third kappa shape index (κ3) is 3.84. The summed E-state index contributed by atoms with van der Waals surface area (Å²) in [4.78, 5) is 10.5. The fraction of sp³-hybridized carbons (Fsp3) is 0.556. The van der Waals surface area contributed by atoms with Crippen molar-refractivity contribution in [2.45, 2.75) is 6.42 Å². The van der Waals surface area contributed by atoms with Crippen LogP contribution < -0.4 is 4.90 Å². The molecule has 0 saturated carbocycles. The average molecular weight is 276 g/mol. The lowest BCUT2D eigenvalue weighted by molar-refractivity contribution is 0.824. The molecule has 0 amide bonds. The molecule has 78 valence electrons.